The highest BCUT2D eigenvalue weighted by atomic mass is 32.1. The Morgan fingerprint density at radius 2 is 0.857 bits per heavy atom. The maximum Gasteiger partial charge on any atom is 0.303 e. The maximum atomic E-state index is 12.1. The standard InChI is InChI=1S/C41H79N5O9S/c1-36(46-56)22-17-19-27-44-39(49)34-54-30-20-14-18-26-43-40(50)35-55-33-32-53-31-29-45-38(48)24-21-28-42-37(47)23-15-12-10-8-6-4-2-3-5-7-9-11-13-16-25-41(51)52/h36,46,56H,2-35H2,1H3,(H,42,47)(H,43,50)(H,44,49)(H,45,48)(H,51,52)/t36-/m1/s1. The number of thiol groups is 1. The maximum absolute atomic E-state index is 12.1. The van der Waals surface area contributed by atoms with E-state index in [1.165, 1.54) is 51.4 Å². The van der Waals surface area contributed by atoms with Crippen LogP contribution in [0, 0.1) is 0 Å². The second-order valence-electron chi connectivity index (χ2n) is 14.7. The van der Waals surface area contributed by atoms with E-state index < -0.39 is 5.97 Å². The zero-order valence-corrected chi connectivity index (χ0v) is 35.7. The van der Waals surface area contributed by atoms with E-state index in [1.54, 1.807) is 0 Å². The summed E-state index contributed by atoms with van der Waals surface area (Å²) < 4.78 is 19.1. The van der Waals surface area contributed by atoms with Gasteiger partial charge >= 0.3 is 5.97 Å². The van der Waals surface area contributed by atoms with Crippen LogP contribution in [0.4, 0.5) is 0 Å². The van der Waals surface area contributed by atoms with Crippen LogP contribution in [0.5, 0.6) is 0 Å². The number of nitrogens with one attached hydrogen (secondary N) is 5. The van der Waals surface area contributed by atoms with Crippen LogP contribution in [-0.4, -0.2) is 107 Å². The van der Waals surface area contributed by atoms with Gasteiger partial charge in [-0.2, -0.15) is 0 Å². The van der Waals surface area contributed by atoms with Gasteiger partial charge in [0.1, 0.15) is 13.2 Å². The molecule has 0 aromatic heterocycles. The molecule has 1 atom stereocenters. The van der Waals surface area contributed by atoms with Gasteiger partial charge in [0.15, 0.2) is 0 Å². The van der Waals surface area contributed by atoms with Gasteiger partial charge in [-0.3, -0.25) is 28.7 Å². The van der Waals surface area contributed by atoms with Gasteiger partial charge in [0.05, 0.1) is 19.8 Å². The molecule has 0 rings (SSSR count). The Bertz CT molecular complexity index is 980. The second kappa shape index (κ2) is 42.2. The van der Waals surface area contributed by atoms with Gasteiger partial charge in [-0.15, -0.1) is 0 Å². The molecule has 0 aliphatic rings. The number of carboxylic acid groups (broad SMARTS) is 1. The lowest BCUT2D eigenvalue weighted by Gasteiger charge is -2.09. The first kappa shape index (κ1) is 53.5. The van der Waals surface area contributed by atoms with E-state index in [9.17, 15) is 24.0 Å². The van der Waals surface area contributed by atoms with Crippen molar-refractivity contribution in [1.29, 1.82) is 0 Å². The quantitative estimate of drug-likeness (QED) is 0.0294. The van der Waals surface area contributed by atoms with Crippen molar-refractivity contribution in [3.05, 3.63) is 0 Å². The van der Waals surface area contributed by atoms with Crippen molar-refractivity contribution < 1.29 is 43.3 Å². The normalized spacial score (nSPS) is 11.6. The second-order valence-corrected chi connectivity index (χ2v) is 14.9. The number of unbranched alkanes of at least 4 members (excludes halogenated alkanes) is 16. The molecule has 0 saturated carbocycles. The van der Waals surface area contributed by atoms with Crippen LogP contribution in [0.25, 0.3) is 0 Å². The third kappa shape index (κ3) is 42.7. The fraction of sp³-hybridized carbons (Fsp3) is 0.878. The summed E-state index contributed by atoms with van der Waals surface area (Å²) in [6, 6.07) is 0.359. The first-order valence-corrected chi connectivity index (χ1v) is 22.1. The summed E-state index contributed by atoms with van der Waals surface area (Å²) >= 11 is 4.03. The molecule has 0 saturated heterocycles. The highest BCUT2D eigenvalue weighted by Gasteiger charge is 2.06. The summed E-state index contributed by atoms with van der Waals surface area (Å²) in [6.07, 6.45) is 23.4. The van der Waals surface area contributed by atoms with Gasteiger partial charge in [-0.1, -0.05) is 96.3 Å². The van der Waals surface area contributed by atoms with Crippen LogP contribution < -0.4 is 26.0 Å². The third-order valence-electron chi connectivity index (χ3n) is 9.25. The number of rotatable bonds is 43. The van der Waals surface area contributed by atoms with Gasteiger partial charge in [0.2, 0.25) is 23.6 Å². The van der Waals surface area contributed by atoms with E-state index in [0.29, 0.717) is 77.7 Å². The summed E-state index contributed by atoms with van der Waals surface area (Å²) in [7, 11) is 0. The number of amides is 4. The van der Waals surface area contributed by atoms with Crippen LogP contribution in [0.2, 0.25) is 0 Å². The Labute approximate surface area is 343 Å². The van der Waals surface area contributed by atoms with Crippen LogP contribution in [0.3, 0.4) is 0 Å². The van der Waals surface area contributed by atoms with Gasteiger partial charge in [-0.25, -0.2) is 0 Å². The minimum atomic E-state index is -0.692. The lowest BCUT2D eigenvalue weighted by molar-refractivity contribution is -0.137. The number of hydrogen-bond donors (Lipinski definition) is 7. The van der Waals surface area contributed by atoms with Gasteiger partial charge in [0, 0.05) is 58.1 Å². The van der Waals surface area contributed by atoms with Crippen LogP contribution in [0.1, 0.15) is 161 Å². The SMILES string of the molecule is C[C@H](CCCCNC(=O)COCCCCCNC(=O)COCCOCCNC(=O)CCCNC(=O)CCCCCCCCCCCCCCCCC(=O)O)NS. The van der Waals surface area contributed by atoms with Crippen molar-refractivity contribution in [2.24, 2.45) is 0 Å². The summed E-state index contributed by atoms with van der Waals surface area (Å²) in [4.78, 5) is 58.3. The number of ether oxygens (including phenoxy) is 3. The average molecular weight is 818 g/mol. The molecule has 0 unspecified atom stereocenters. The number of carboxylic acids is 1. The molecule has 0 radical (unpaired) electrons. The van der Waals surface area contributed by atoms with E-state index >= 15 is 0 Å². The predicted molar refractivity (Wildman–Crippen MR) is 225 cm³/mol. The third-order valence-corrected chi connectivity index (χ3v) is 9.69. The van der Waals surface area contributed by atoms with Gasteiger partial charge < -0.3 is 40.6 Å². The highest BCUT2D eigenvalue weighted by Crippen LogP contribution is 2.14. The zero-order valence-electron chi connectivity index (χ0n) is 34.8. The summed E-state index contributed by atoms with van der Waals surface area (Å²) in [6.45, 7) is 5.63. The van der Waals surface area contributed by atoms with Crippen LogP contribution in [0.15, 0.2) is 0 Å². The molecular weight excluding hydrogens is 739 g/mol. The average Bonchev–Trinajstić information content (AvgIpc) is 3.17. The number of aliphatic carboxylic acids is 1. The first-order chi connectivity index (χ1) is 27.2. The van der Waals surface area contributed by atoms with Crippen molar-refractivity contribution in [3.8, 4) is 0 Å². The van der Waals surface area contributed by atoms with Crippen molar-refractivity contribution in [1.82, 2.24) is 26.0 Å². The number of carbonyl (C=O) groups excluding carboxylic acids is 4. The molecule has 0 aliphatic heterocycles. The molecule has 0 bridgehead atoms. The van der Waals surface area contributed by atoms with E-state index in [4.69, 9.17) is 19.3 Å². The number of carbonyl (C=O) groups is 5. The summed E-state index contributed by atoms with van der Waals surface area (Å²) in [5.74, 6) is -1.00. The molecule has 0 aromatic rings. The number of hydrogen-bond acceptors (Lipinski definition) is 10. The molecule has 0 fully saturated rings. The monoisotopic (exact) mass is 818 g/mol. The largest absolute Gasteiger partial charge is 0.481 e. The van der Waals surface area contributed by atoms with Crippen LogP contribution >= 0.6 is 12.8 Å². The predicted octanol–water partition coefficient (Wildman–Crippen LogP) is 5.77. The van der Waals surface area contributed by atoms with E-state index in [1.807, 2.05) is 0 Å². The smallest absolute Gasteiger partial charge is 0.303 e. The van der Waals surface area contributed by atoms with Gasteiger partial charge in [0.25, 0.3) is 0 Å². The highest BCUT2D eigenvalue weighted by molar-refractivity contribution is 7.78. The molecule has 0 aliphatic carbocycles. The molecule has 0 heterocycles. The molecule has 4 amide bonds. The first-order valence-electron chi connectivity index (χ1n) is 21.7. The van der Waals surface area contributed by atoms with Crippen molar-refractivity contribution in [2.75, 3.05) is 65.8 Å². The Hall–Kier alpha value is -2.46. The van der Waals surface area contributed by atoms with E-state index in [0.717, 1.165) is 77.0 Å². The molecule has 56 heavy (non-hydrogen) atoms. The molecule has 15 heteroatoms. The molecule has 6 N–H and O–H groups in total. The van der Waals surface area contributed by atoms with Crippen LogP contribution in [-0.2, 0) is 38.2 Å². The summed E-state index contributed by atoms with van der Waals surface area (Å²) in [5.41, 5.74) is 0. The zero-order chi connectivity index (χ0) is 41.2. The fourth-order valence-electron chi connectivity index (χ4n) is 5.85. The summed E-state index contributed by atoms with van der Waals surface area (Å²) in [5, 5.41) is 20.0. The minimum absolute atomic E-state index is 0.0378. The molecule has 14 nitrogen and oxygen atoms in total. The van der Waals surface area contributed by atoms with E-state index in [2.05, 4.69) is 45.7 Å². The Kier molecular flexibility index (Phi) is 40.3. The van der Waals surface area contributed by atoms with Crippen molar-refractivity contribution in [2.45, 2.75) is 167 Å². The lowest BCUT2D eigenvalue weighted by atomic mass is 10.0. The molecule has 0 spiro atoms. The molecule has 0 aromatic carbocycles. The molecule has 328 valence electrons. The Balaban J connectivity index is 3.38. The molecular formula is C41H79N5O9S. The lowest BCUT2D eigenvalue weighted by Crippen LogP contribution is -2.30. The Morgan fingerprint density at radius 1 is 0.446 bits per heavy atom. The van der Waals surface area contributed by atoms with Crippen molar-refractivity contribution >= 4 is 42.4 Å². The topological polar surface area (TPSA) is 193 Å². The fourth-order valence-corrected chi connectivity index (χ4v) is 5.98. The Morgan fingerprint density at radius 3 is 1.41 bits per heavy atom. The van der Waals surface area contributed by atoms with Crippen molar-refractivity contribution in [3.63, 3.8) is 0 Å². The van der Waals surface area contributed by atoms with Gasteiger partial charge in [-0.05, 0) is 58.3 Å². The van der Waals surface area contributed by atoms with E-state index in [-0.39, 0.29) is 43.4 Å². The minimum Gasteiger partial charge on any atom is -0.481 e.